The van der Waals surface area contributed by atoms with Gasteiger partial charge in [-0.2, -0.15) is 0 Å². The summed E-state index contributed by atoms with van der Waals surface area (Å²) in [6.45, 7) is 2.18. The average Bonchev–Trinajstić information content (AvgIpc) is 2.57. The van der Waals surface area contributed by atoms with E-state index in [1.165, 1.54) is 44.6 Å². The fourth-order valence-electron chi connectivity index (χ4n) is 2.48. The summed E-state index contributed by atoms with van der Waals surface area (Å²) in [5, 5.41) is 17.3. The van der Waals surface area contributed by atoms with Gasteiger partial charge in [0, 0.05) is 6.08 Å². The number of carbonyl (C=O) groups is 1. The van der Waals surface area contributed by atoms with Crippen LogP contribution in [-0.4, -0.2) is 22.4 Å². The molecule has 0 saturated heterocycles. The van der Waals surface area contributed by atoms with Crippen LogP contribution in [0.1, 0.15) is 77.6 Å². The van der Waals surface area contributed by atoms with Crippen LogP contribution in [0.15, 0.2) is 36.5 Å². The number of carboxylic acid groups (broad SMARTS) is 1. The maximum atomic E-state index is 10.2. The van der Waals surface area contributed by atoms with Gasteiger partial charge >= 0.3 is 5.97 Å². The van der Waals surface area contributed by atoms with Crippen LogP contribution in [0.2, 0.25) is 0 Å². The number of hydrogen-bond acceptors (Lipinski definition) is 3. The molecule has 24 heavy (non-hydrogen) atoms. The normalized spacial score (nSPS) is 13.4. The summed E-state index contributed by atoms with van der Waals surface area (Å²) < 4.78 is 0. The molecule has 0 spiro atoms. The smallest absolute Gasteiger partial charge is 0.328 e. The van der Waals surface area contributed by atoms with E-state index in [2.05, 4.69) is 17.9 Å². The number of hydrogen-bond donors (Lipinski definition) is 2. The summed E-state index contributed by atoms with van der Waals surface area (Å²) in [6, 6.07) is 0. The lowest BCUT2D eigenvalue weighted by molar-refractivity contribution is -0.281. The Morgan fingerprint density at radius 3 is 2.21 bits per heavy atom. The summed E-state index contributed by atoms with van der Waals surface area (Å²) >= 11 is 0. The first kappa shape index (κ1) is 22.6. The lowest BCUT2D eigenvalue weighted by atomic mass is 10.0. The Labute approximate surface area is 146 Å². The zero-order valence-electron chi connectivity index (χ0n) is 15.0. The van der Waals surface area contributed by atoms with Crippen molar-refractivity contribution >= 4 is 5.97 Å². The maximum absolute atomic E-state index is 10.2. The lowest BCUT2D eigenvalue weighted by Gasteiger charge is -2.12. The first-order valence-electron chi connectivity index (χ1n) is 9.23. The van der Waals surface area contributed by atoms with E-state index in [1.807, 2.05) is 12.2 Å². The third-order valence-corrected chi connectivity index (χ3v) is 3.88. The summed E-state index contributed by atoms with van der Waals surface area (Å²) in [7, 11) is 0. The van der Waals surface area contributed by atoms with Crippen LogP contribution >= 0.6 is 0 Å². The van der Waals surface area contributed by atoms with E-state index in [0.29, 0.717) is 0 Å². The molecule has 0 aromatic rings. The highest BCUT2D eigenvalue weighted by molar-refractivity contribution is 5.80. The molecule has 4 nitrogen and oxygen atoms in total. The molecule has 0 aliphatic heterocycles. The van der Waals surface area contributed by atoms with Gasteiger partial charge in [0.15, 0.2) is 0 Å². The van der Waals surface area contributed by atoms with Gasteiger partial charge in [0.05, 0.1) is 6.10 Å². The van der Waals surface area contributed by atoms with Crippen molar-refractivity contribution in [2.75, 3.05) is 0 Å². The van der Waals surface area contributed by atoms with Crippen LogP contribution in [0, 0.1) is 0 Å². The van der Waals surface area contributed by atoms with E-state index in [4.69, 9.17) is 10.4 Å². The number of unbranched alkanes of at least 4 members (excludes halogenated alkanes) is 7. The zero-order valence-corrected chi connectivity index (χ0v) is 15.0. The molecule has 1 unspecified atom stereocenters. The first-order chi connectivity index (χ1) is 11.7. The van der Waals surface area contributed by atoms with Gasteiger partial charge in [0.1, 0.15) is 0 Å². The lowest BCUT2D eigenvalue weighted by Crippen LogP contribution is -2.10. The number of carboxylic acids is 1. The Morgan fingerprint density at radius 2 is 1.54 bits per heavy atom. The summed E-state index contributed by atoms with van der Waals surface area (Å²) in [4.78, 5) is 14.8. The Morgan fingerprint density at radius 1 is 0.917 bits per heavy atom. The molecule has 2 N–H and O–H groups in total. The number of aliphatic carboxylic acids is 1. The molecule has 0 radical (unpaired) electrons. The average molecular weight is 338 g/mol. The summed E-state index contributed by atoms with van der Waals surface area (Å²) in [6.07, 6.45) is 22.7. The Bertz CT molecular complexity index is 372. The molecule has 0 aromatic heterocycles. The Kier molecular flexibility index (Phi) is 16.9. The molecule has 0 aromatic carbocycles. The van der Waals surface area contributed by atoms with Crippen molar-refractivity contribution in [2.45, 2.75) is 83.7 Å². The first-order valence-corrected chi connectivity index (χ1v) is 9.23. The second-order valence-electron chi connectivity index (χ2n) is 6.08. The predicted octanol–water partition coefficient (Wildman–Crippen LogP) is 5.91. The highest BCUT2D eigenvalue weighted by Gasteiger charge is 2.07. The van der Waals surface area contributed by atoms with Crippen molar-refractivity contribution in [3.8, 4) is 0 Å². The standard InChI is InChI=1S/C20H34O4/c1-2-3-13-16-19(24-23)17-14-11-9-7-5-4-6-8-10-12-15-18-20(21)22/h6,8,10,12,15,18-19,23H,2-5,7,9,11,13-14,16-17H2,1H3,(H,21,22). The van der Waals surface area contributed by atoms with Crippen molar-refractivity contribution in [3.05, 3.63) is 36.5 Å². The largest absolute Gasteiger partial charge is 0.478 e. The second-order valence-corrected chi connectivity index (χ2v) is 6.08. The van der Waals surface area contributed by atoms with Crippen molar-refractivity contribution in [1.82, 2.24) is 0 Å². The molecule has 4 heteroatoms. The molecule has 1 atom stereocenters. The quantitative estimate of drug-likeness (QED) is 0.121. The second kappa shape index (κ2) is 18.0. The highest BCUT2D eigenvalue weighted by atomic mass is 17.1. The van der Waals surface area contributed by atoms with Gasteiger partial charge in [-0.15, -0.1) is 0 Å². The van der Waals surface area contributed by atoms with Crippen molar-refractivity contribution in [1.29, 1.82) is 0 Å². The van der Waals surface area contributed by atoms with E-state index in [0.717, 1.165) is 38.2 Å². The minimum atomic E-state index is -0.929. The molecule has 138 valence electrons. The van der Waals surface area contributed by atoms with Crippen LogP contribution in [0.5, 0.6) is 0 Å². The monoisotopic (exact) mass is 338 g/mol. The fourth-order valence-corrected chi connectivity index (χ4v) is 2.48. The van der Waals surface area contributed by atoms with E-state index >= 15 is 0 Å². The minimum Gasteiger partial charge on any atom is -0.478 e. The number of allylic oxidation sites excluding steroid dienone is 5. The van der Waals surface area contributed by atoms with Crippen LogP contribution in [-0.2, 0) is 9.68 Å². The summed E-state index contributed by atoms with van der Waals surface area (Å²) in [5.41, 5.74) is 0. The van der Waals surface area contributed by atoms with Crippen molar-refractivity contribution in [2.24, 2.45) is 0 Å². The molecule has 0 rings (SSSR count). The molecular formula is C20H34O4. The molecule has 0 fully saturated rings. The molecular weight excluding hydrogens is 304 g/mol. The number of rotatable bonds is 16. The van der Waals surface area contributed by atoms with E-state index in [-0.39, 0.29) is 6.10 Å². The highest BCUT2D eigenvalue weighted by Crippen LogP contribution is 2.14. The minimum absolute atomic E-state index is 0.0152. The van der Waals surface area contributed by atoms with Gasteiger partial charge in [-0.05, 0) is 25.7 Å². The molecule has 0 amide bonds. The molecule has 0 heterocycles. The Hall–Kier alpha value is -1.39. The SMILES string of the molecule is CCCCCC(CCCCCCCC=CC=CC=CC(=O)O)OO. The molecule has 0 aliphatic carbocycles. The molecule has 0 aliphatic rings. The topological polar surface area (TPSA) is 66.8 Å². The third-order valence-electron chi connectivity index (χ3n) is 3.88. The van der Waals surface area contributed by atoms with Crippen molar-refractivity contribution < 1.29 is 20.0 Å². The van der Waals surface area contributed by atoms with Crippen LogP contribution < -0.4 is 0 Å². The summed E-state index contributed by atoms with van der Waals surface area (Å²) in [5.74, 6) is -0.929. The van der Waals surface area contributed by atoms with Crippen LogP contribution in [0.25, 0.3) is 0 Å². The van der Waals surface area contributed by atoms with Gasteiger partial charge in [-0.1, -0.05) is 82.2 Å². The van der Waals surface area contributed by atoms with Gasteiger partial charge in [0.2, 0.25) is 0 Å². The van der Waals surface area contributed by atoms with E-state index < -0.39 is 5.97 Å². The van der Waals surface area contributed by atoms with Gasteiger partial charge in [-0.3, -0.25) is 5.26 Å². The predicted molar refractivity (Wildman–Crippen MR) is 99.0 cm³/mol. The maximum Gasteiger partial charge on any atom is 0.328 e. The third kappa shape index (κ3) is 17.0. The van der Waals surface area contributed by atoms with E-state index in [9.17, 15) is 4.79 Å². The van der Waals surface area contributed by atoms with Crippen LogP contribution in [0.3, 0.4) is 0 Å². The molecule has 0 saturated carbocycles. The van der Waals surface area contributed by atoms with Gasteiger partial charge in [0.25, 0.3) is 0 Å². The van der Waals surface area contributed by atoms with Gasteiger partial charge < -0.3 is 5.11 Å². The van der Waals surface area contributed by atoms with Crippen molar-refractivity contribution in [3.63, 3.8) is 0 Å². The fraction of sp³-hybridized carbons (Fsp3) is 0.650. The Balaban J connectivity index is 3.45. The van der Waals surface area contributed by atoms with E-state index in [1.54, 1.807) is 6.08 Å². The molecule has 0 bridgehead atoms. The zero-order chi connectivity index (χ0) is 17.9. The van der Waals surface area contributed by atoms with Crippen LogP contribution in [0.4, 0.5) is 0 Å². The van der Waals surface area contributed by atoms with Gasteiger partial charge in [-0.25, -0.2) is 9.68 Å².